The molecule has 4 rings (SSSR count). The molecule has 0 aromatic carbocycles. The molecule has 1 fully saturated rings. The minimum Gasteiger partial charge on any atom is -0.370 e. The van der Waals surface area contributed by atoms with Crippen LogP contribution in [0.1, 0.15) is 39.5 Å². The van der Waals surface area contributed by atoms with E-state index in [-0.39, 0.29) is 17.3 Å². The first-order valence-electron chi connectivity index (χ1n) is 12.3. The Kier molecular flexibility index (Phi) is 7.81. The molecule has 1 aliphatic heterocycles. The Balaban J connectivity index is 1.58. The number of hydrogen-bond donors (Lipinski definition) is 3. The van der Waals surface area contributed by atoms with Gasteiger partial charge >= 0.3 is 5.69 Å². The van der Waals surface area contributed by atoms with Gasteiger partial charge in [-0.2, -0.15) is 0 Å². The highest BCUT2D eigenvalue weighted by atomic mass is 16.2. The minimum absolute atomic E-state index is 0.166. The van der Waals surface area contributed by atoms with Gasteiger partial charge in [0.1, 0.15) is 11.6 Å². The fourth-order valence-electron chi connectivity index (χ4n) is 4.45. The van der Waals surface area contributed by atoms with Crippen LogP contribution in [0.2, 0.25) is 0 Å². The molecule has 0 aliphatic carbocycles. The van der Waals surface area contributed by atoms with Crippen LogP contribution >= 0.6 is 0 Å². The standard InChI is InChI=1S/C24H32N8O4/c1-3-11-32-23-20(22(35)29-24(32)36)28-21(31(23)14-10-25-16(2)33)17-7-8-18(27-15-17)26-9-5-13-30-12-4-6-19(30)34/h7-8,15H,3-6,9-14H2,1-2H3,(H,25,33)(H,26,27)(H,29,35,36). The molecule has 2 amide bonds. The zero-order chi connectivity index (χ0) is 25.7. The van der Waals surface area contributed by atoms with Gasteiger partial charge in [0.05, 0.1) is 0 Å². The van der Waals surface area contributed by atoms with Gasteiger partial charge in [-0.25, -0.2) is 14.8 Å². The lowest BCUT2D eigenvalue weighted by atomic mass is 10.2. The van der Waals surface area contributed by atoms with Gasteiger partial charge in [0.15, 0.2) is 11.2 Å². The number of H-pyrrole nitrogens is 1. The van der Waals surface area contributed by atoms with Gasteiger partial charge < -0.3 is 20.1 Å². The number of aryl methyl sites for hydroxylation is 1. The van der Waals surface area contributed by atoms with Gasteiger partial charge in [-0.1, -0.05) is 6.92 Å². The number of aromatic amines is 1. The van der Waals surface area contributed by atoms with E-state index in [2.05, 4.69) is 25.6 Å². The summed E-state index contributed by atoms with van der Waals surface area (Å²) in [7, 11) is 0. The monoisotopic (exact) mass is 496 g/mol. The predicted octanol–water partition coefficient (Wildman–Crippen LogP) is 0.919. The summed E-state index contributed by atoms with van der Waals surface area (Å²) in [6.45, 7) is 6.69. The van der Waals surface area contributed by atoms with E-state index < -0.39 is 11.2 Å². The number of anilines is 1. The lowest BCUT2D eigenvalue weighted by Gasteiger charge is -2.15. The Morgan fingerprint density at radius 2 is 1.94 bits per heavy atom. The van der Waals surface area contributed by atoms with Crippen molar-refractivity contribution in [3.8, 4) is 11.4 Å². The number of nitrogens with one attached hydrogen (secondary N) is 3. The number of pyridine rings is 1. The number of carbonyl (C=O) groups excluding carboxylic acids is 2. The summed E-state index contributed by atoms with van der Waals surface area (Å²) < 4.78 is 3.30. The van der Waals surface area contributed by atoms with E-state index in [1.165, 1.54) is 11.5 Å². The average Bonchev–Trinajstić information content (AvgIpc) is 3.43. The van der Waals surface area contributed by atoms with Crippen LogP contribution in [-0.2, 0) is 22.7 Å². The quantitative estimate of drug-likeness (QED) is 0.335. The van der Waals surface area contributed by atoms with Crippen LogP contribution in [-0.4, -0.2) is 67.0 Å². The normalized spacial score (nSPS) is 13.5. The zero-order valence-electron chi connectivity index (χ0n) is 20.7. The number of likely N-dealkylation sites (tertiary alicyclic amines) is 1. The van der Waals surface area contributed by atoms with Crippen LogP contribution in [0, 0.1) is 0 Å². The smallest absolute Gasteiger partial charge is 0.330 e. The molecule has 1 aliphatic rings. The second-order valence-corrected chi connectivity index (χ2v) is 8.85. The lowest BCUT2D eigenvalue weighted by molar-refractivity contribution is -0.127. The van der Waals surface area contributed by atoms with E-state index in [1.807, 2.05) is 24.0 Å². The molecular formula is C24H32N8O4. The van der Waals surface area contributed by atoms with E-state index in [1.54, 1.807) is 10.8 Å². The number of rotatable bonds is 11. The van der Waals surface area contributed by atoms with Crippen molar-refractivity contribution < 1.29 is 9.59 Å². The largest absolute Gasteiger partial charge is 0.370 e. The van der Waals surface area contributed by atoms with Crippen molar-refractivity contribution in [3.63, 3.8) is 0 Å². The van der Waals surface area contributed by atoms with Crippen LogP contribution in [0.5, 0.6) is 0 Å². The molecule has 0 spiro atoms. The molecule has 3 aromatic rings. The average molecular weight is 497 g/mol. The molecule has 0 radical (unpaired) electrons. The van der Waals surface area contributed by atoms with Crippen LogP contribution in [0.15, 0.2) is 27.9 Å². The van der Waals surface area contributed by atoms with E-state index >= 15 is 0 Å². The summed E-state index contributed by atoms with van der Waals surface area (Å²) in [5.41, 5.74) is 0.223. The number of hydrogen-bond acceptors (Lipinski definition) is 7. The highest BCUT2D eigenvalue weighted by molar-refractivity contribution is 5.78. The van der Waals surface area contributed by atoms with Crippen molar-refractivity contribution in [1.82, 2.24) is 34.3 Å². The van der Waals surface area contributed by atoms with E-state index in [0.29, 0.717) is 61.9 Å². The maximum atomic E-state index is 12.6. The van der Waals surface area contributed by atoms with Crippen molar-refractivity contribution in [2.45, 2.75) is 52.6 Å². The molecule has 0 unspecified atom stereocenters. The first-order valence-corrected chi connectivity index (χ1v) is 12.3. The molecule has 4 heterocycles. The molecule has 0 bridgehead atoms. The fraction of sp³-hybridized carbons (Fsp3) is 0.500. The number of aromatic nitrogens is 5. The molecular weight excluding hydrogens is 464 g/mol. The van der Waals surface area contributed by atoms with Crippen LogP contribution < -0.4 is 21.9 Å². The number of amides is 2. The van der Waals surface area contributed by atoms with Gasteiger partial charge in [0.25, 0.3) is 5.56 Å². The third kappa shape index (κ3) is 5.47. The molecule has 3 N–H and O–H groups in total. The number of fused-ring (bicyclic) bond motifs is 1. The number of imidazole rings is 1. The maximum Gasteiger partial charge on any atom is 0.330 e. The van der Waals surface area contributed by atoms with Gasteiger partial charge in [-0.05, 0) is 31.4 Å². The highest BCUT2D eigenvalue weighted by Gasteiger charge is 2.20. The van der Waals surface area contributed by atoms with Crippen LogP contribution in [0.4, 0.5) is 5.82 Å². The van der Waals surface area contributed by atoms with Crippen LogP contribution in [0.3, 0.4) is 0 Å². The Morgan fingerprint density at radius 1 is 1.11 bits per heavy atom. The van der Waals surface area contributed by atoms with E-state index in [4.69, 9.17) is 0 Å². The van der Waals surface area contributed by atoms with Crippen molar-refractivity contribution in [1.29, 1.82) is 0 Å². The molecule has 1 saturated heterocycles. The summed E-state index contributed by atoms with van der Waals surface area (Å²) in [6, 6.07) is 3.68. The number of nitrogens with zero attached hydrogens (tertiary/aromatic N) is 5. The van der Waals surface area contributed by atoms with E-state index in [9.17, 15) is 19.2 Å². The Hall–Kier alpha value is -3.96. The van der Waals surface area contributed by atoms with Crippen molar-refractivity contribution in [2.75, 3.05) is 31.5 Å². The van der Waals surface area contributed by atoms with Crippen LogP contribution in [0.25, 0.3) is 22.6 Å². The lowest BCUT2D eigenvalue weighted by Crippen LogP contribution is -2.32. The Labute approximate surface area is 207 Å². The summed E-state index contributed by atoms with van der Waals surface area (Å²) in [4.78, 5) is 61.6. The fourth-order valence-corrected chi connectivity index (χ4v) is 4.45. The molecule has 3 aromatic heterocycles. The Bertz CT molecular complexity index is 1360. The first-order chi connectivity index (χ1) is 17.4. The second-order valence-electron chi connectivity index (χ2n) is 8.85. The third-order valence-corrected chi connectivity index (χ3v) is 6.14. The summed E-state index contributed by atoms with van der Waals surface area (Å²) in [6.07, 6.45) is 4.77. The summed E-state index contributed by atoms with van der Waals surface area (Å²) in [5.74, 6) is 1.23. The molecule has 36 heavy (non-hydrogen) atoms. The van der Waals surface area contributed by atoms with E-state index in [0.717, 1.165) is 25.9 Å². The summed E-state index contributed by atoms with van der Waals surface area (Å²) in [5, 5.41) is 6.03. The third-order valence-electron chi connectivity index (χ3n) is 6.14. The topological polar surface area (TPSA) is 147 Å². The molecule has 0 saturated carbocycles. The first kappa shape index (κ1) is 25.1. The summed E-state index contributed by atoms with van der Waals surface area (Å²) >= 11 is 0. The second kappa shape index (κ2) is 11.2. The zero-order valence-corrected chi connectivity index (χ0v) is 20.7. The number of carbonyl (C=O) groups is 2. The van der Waals surface area contributed by atoms with Crippen molar-refractivity contribution in [2.24, 2.45) is 0 Å². The molecule has 0 atom stereocenters. The minimum atomic E-state index is -0.551. The molecule has 12 heteroatoms. The molecule has 12 nitrogen and oxygen atoms in total. The predicted molar refractivity (Wildman–Crippen MR) is 136 cm³/mol. The van der Waals surface area contributed by atoms with Gasteiger partial charge in [0, 0.05) is 64.4 Å². The van der Waals surface area contributed by atoms with Gasteiger partial charge in [-0.15, -0.1) is 0 Å². The van der Waals surface area contributed by atoms with Crippen molar-refractivity contribution in [3.05, 3.63) is 39.2 Å². The Morgan fingerprint density at radius 3 is 2.61 bits per heavy atom. The SMILES string of the molecule is CCCn1c(=O)[nH]c(=O)c2nc(-c3ccc(NCCCN4CCCC4=O)nc3)n(CCNC(C)=O)c21. The van der Waals surface area contributed by atoms with Gasteiger partial charge in [0.2, 0.25) is 11.8 Å². The molecule has 192 valence electrons. The maximum absolute atomic E-state index is 12.6. The highest BCUT2D eigenvalue weighted by Crippen LogP contribution is 2.23. The van der Waals surface area contributed by atoms with Gasteiger partial charge in [-0.3, -0.25) is 23.9 Å². The van der Waals surface area contributed by atoms with Crippen molar-refractivity contribution >= 4 is 28.8 Å².